The van der Waals surface area contributed by atoms with Crippen molar-refractivity contribution in [3.63, 3.8) is 0 Å². The Hall–Kier alpha value is -1.50. The lowest BCUT2D eigenvalue weighted by Crippen LogP contribution is -2.34. The van der Waals surface area contributed by atoms with Gasteiger partial charge >= 0.3 is 5.97 Å². The second-order valence-corrected chi connectivity index (χ2v) is 5.57. The molecule has 1 rings (SSSR count). The summed E-state index contributed by atoms with van der Waals surface area (Å²) in [7, 11) is 1.35. The molecule has 1 fully saturated rings. The van der Waals surface area contributed by atoms with Crippen LogP contribution in [-0.2, 0) is 14.3 Å². The van der Waals surface area contributed by atoms with Gasteiger partial charge in [0, 0.05) is 23.2 Å². The van der Waals surface area contributed by atoms with Gasteiger partial charge < -0.3 is 14.6 Å². The lowest BCUT2D eigenvalue weighted by molar-refractivity contribution is -0.539. The van der Waals surface area contributed by atoms with Gasteiger partial charge in [-0.1, -0.05) is 19.3 Å². The van der Waals surface area contributed by atoms with Crippen molar-refractivity contribution in [3.8, 4) is 0 Å². The maximum absolute atomic E-state index is 11.0. The third-order valence-electron chi connectivity index (χ3n) is 4.21. The normalized spacial score (nSPS) is 28.3. The number of hydrogen-bond acceptors (Lipinski definition) is 6. The summed E-state index contributed by atoms with van der Waals surface area (Å²) in [4.78, 5) is 32.5. The number of nitrogens with zero attached hydrogens (tertiary/aromatic N) is 1. The molecule has 0 amide bonds. The summed E-state index contributed by atoms with van der Waals surface area (Å²) in [5.74, 6) is -1.04. The van der Waals surface area contributed by atoms with Gasteiger partial charge in [-0.05, 0) is 19.3 Å². The average molecular weight is 301 g/mol. The fourth-order valence-corrected chi connectivity index (χ4v) is 3.07. The van der Waals surface area contributed by atoms with Gasteiger partial charge in [0.25, 0.3) is 0 Å². The zero-order chi connectivity index (χ0) is 15.8. The Bertz CT molecular complexity index is 372. The van der Waals surface area contributed by atoms with Crippen LogP contribution in [0.1, 0.15) is 44.9 Å². The van der Waals surface area contributed by atoms with Gasteiger partial charge in [-0.3, -0.25) is 14.9 Å². The summed E-state index contributed by atoms with van der Waals surface area (Å²) < 4.78 is 4.54. The second-order valence-electron chi connectivity index (χ2n) is 5.57. The number of aliphatic hydroxyl groups is 1. The largest absolute Gasteiger partial charge is 0.469 e. The van der Waals surface area contributed by atoms with Gasteiger partial charge in [0.15, 0.2) is 0 Å². The molecule has 0 radical (unpaired) electrons. The molecule has 1 aliphatic rings. The minimum Gasteiger partial charge on any atom is -0.469 e. The molecule has 0 bridgehead atoms. The van der Waals surface area contributed by atoms with Crippen molar-refractivity contribution in [1.82, 2.24) is 0 Å². The first kappa shape index (κ1) is 17.6. The van der Waals surface area contributed by atoms with E-state index in [1.165, 1.54) is 7.11 Å². The predicted octanol–water partition coefficient (Wildman–Crippen LogP) is 1.34. The van der Waals surface area contributed by atoms with Gasteiger partial charge in [0.2, 0.25) is 6.04 Å². The van der Waals surface area contributed by atoms with Crippen molar-refractivity contribution >= 4 is 12.3 Å². The fraction of sp³-hybridized carbons (Fsp3) is 0.857. The van der Waals surface area contributed by atoms with E-state index in [9.17, 15) is 24.8 Å². The Labute approximate surface area is 123 Å². The first-order valence-corrected chi connectivity index (χ1v) is 7.35. The average Bonchev–Trinajstić information content (AvgIpc) is 2.78. The first-order chi connectivity index (χ1) is 10.0. The molecule has 21 heavy (non-hydrogen) atoms. The van der Waals surface area contributed by atoms with Crippen molar-refractivity contribution in [3.05, 3.63) is 10.1 Å². The monoisotopic (exact) mass is 301 g/mol. The van der Waals surface area contributed by atoms with E-state index in [1.54, 1.807) is 0 Å². The molecule has 7 heteroatoms. The molecule has 0 heterocycles. The highest BCUT2D eigenvalue weighted by atomic mass is 16.6. The van der Waals surface area contributed by atoms with Crippen LogP contribution in [-0.4, -0.2) is 41.5 Å². The molecule has 1 saturated carbocycles. The number of nitro groups is 1. The van der Waals surface area contributed by atoms with E-state index in [2.05, 4.69) is 4.74 Å². The number of aldehydes is 1. The molecular weight excluding hydrogens is 278 g/mol. The molecule has 1 aliphatic carbocycles. The van der Waals surface area contributed by atoms with Crippen LogP contribution in [0.2, 0.25) is 0 Å². The lowest BCUT2D eigenvalue weighted by Gasteiger charge is -2.16. The first-order valence-electron chi connectivity index (χ1n) is 7.35. The van der Waals surface area contributed by atoms with Crippen LogP contribution in [0.15, 0.2) is 0 Å². The van der Waals surface area contributed by atoms with Crippen LogP contribution in [0.25, 0.3) is 0 Å². The number of aliphatic hydroxyl groups excluding tert-OH is 1. The summed E-state index contributed by atoms with van der Waals surface area (Å²) in [5.41, 5.74) is 0. The van der Waals surface area contributed by atoms with Crippen LogP contribution < -0.4 is 0 Å². The van der Waals surface area contributed by atoms with Crippen LogP contribution >= 0.6 is 0 Å². The molecular formula is C14H23NO6. The van der Waals surface area contributed by atoms with Gasteiger partial charge in [-0.15, -0.1) is 0 Å². The van der Waals surface area contributed by atoms with E-state index in [0.717, 1.165) is 32.0 Å². The number of hydrogen-bond donors (Lipinski definition) is 1. The lowest BCUT2D eigenvalue weighted by atomic mass is 9.89. The SMILES string of the molecule is COC(=O)CCCCCC[C@H]1C([N+](=O)[O-])C(O)C[C@H]1C=O. The van der Waals surface area contributed by atoms with Crippen LogP contribution in [0.4, 0.5) is 0 Å². The van der Waals surface area contributed by atoms with Crippen molar-refractivity contribution in [1.29, 1.82) is 0 Å². The highest BCUT2D eigenvalue weighted by Crippen LogP contribution is 2.36. The van der Waals surface area contributed by atoms with Crippen LogP contribution in [0.5, 0.6) is 0 Å². The zero-order valence-electron chi connectivity index (χ0n) is 12.3. The fourth-order valence-electron chi connectivity index (χ4n) is 3.07. The van der Waals surface area contributed by atoms with E-state index in [-0.39, 0.29) is 18.3 Å². The topological polar surface area (TPSA) is 107 Å². The Morgan fingerprint density at radius 3 is 2.62 bits per heavy atom. The molecule has 120 valence electrons. The maximum Gasteiger partial charge on any atom is 0.305 e. The molecule has 0 spiro atoms. The summed E-state index contributed by atoms with van der Waals surface area (Å²) >= 11 is 0. The van der Waals surface area contributed by atoms with Crippen molar-refractivity contribution in [2.45, 2.75) is 57.1 Å². The molecule has 0 aromatic heterocycles. The van der Waals surface area contributed by atoms with Crippen molar-refractivity contribution < 1.29 is 24.4 Å². The molecule has 4 atom stereocenters. The number of carbonyl (C=O) groups excluding carboxylic acids is 2. The Kier molecular flexibility index (Phi) is 7.28. The molecule has 0 saturated heterocycles. The molecule has 2 unspecified atom stereocenters. The minimum absolute atomic E-state index is 0.183. The highest BCUT2D eigenvalue weighted by molar-refractivity contribution is 5.68. The van der Waals surface area contributed by atoms with Gasteiger partial charge in [0.05, 0.1) is 7.11 Å². The van der Waals surface area contributed by atoms with Crippen LogP contribution in [0.3, 0.4) is 0 Å². The number of carbonyl (C=O) groups is 2. The Balaban J connectivity index is 2.32. The van der Waals surface area contributed by atoms with Gasteiger partial charge in [-0.2, -0.15) is 0 Å². The summed E-state index contributed by atoms with van der Waals surface area (Å²) in [6.45, 7) is 0. The van der Waals surface area contributed by atoms with E-state index < -0.39 is 23.0 Å². The van der Waals surface area contributed by atoms with Crippen LogP contribution in [0, 0.1) is 22.0 Å². The third-order valence-corrected chi connectivity index (χ3v) is 4.21. The number of unbranched alkanes of at least 4 members (excludes halogenated alkanes) is 3. The maximum atomic E-state index is 11.0. The van der Waals surface area contributed by atoms with E-state index in [1.807, 2.05) is 0 Å². The summed E-state index contributed by atoms with van der Waals surface area (Å²) in [6, 6.07) is -1.03. The number of rotatable bonds is 9. The van der Waals surface area contributed by atoms with E-state index in [0.29, 0.717) is 12.8 Å². The molecule has 1 N–H and O–H groups in total. The zero-order valence-corrected chi connectivity index (χ0v) is 12.3. The molecule has 0 aromatic carbocycles. The summed E-state index contributed by atoms with van der Waals surface area (Å²) in [5, 5.41) is 20.7. The second kappa shape index (κ2) is 8.71. The number of methoxy groups -OCH3 is 1. The smallest absolute Gasteiger partial charge is 0.305 e. The third kappa shape index (κ3) is 5.08. The molecule has 0 aliphatic heterocycles. The minimum atomic E-state index is -1.03. The molecule has 7 nitrogen and oxygen atoms in total. The predicted molar refractivity (Wildman–Crippen MR) is 74.2 cm³/mol. The van der Waals surface area contributed by atoms with E-state index >= 15 is 0 Å². The Morgan fingerprint density at radius 2 is 2.05 bits per heavy atom. The quantitative estimate of drug-likeness (QED) is 0.226. The molecule has 0 aromatic rings. The van der Waals surface area contributed by atoms with Gasteiger partial charge in [-0.25, -0.2) is 0 Å². The van der Waals surface area contributed by atoms with E-state index in [4.69, 9.17) is 0 Å². The van der Waals surface area contributed by atoms with Crippen molar-refractivity contribution in [2.24, 2.45) is 11.8 Å². The standard InChI is InChI=1S/C14H23NO6/c1-21-13(18)7-5-3-2-4-6-11-10(9-16)8-12(17)14(11)15(19)20/h9-12,14,17H,2-8H2,1H3/t10-,11+,12?,14?/m0/s1. The number of ether oxygens (including phenoxy) is 1. The highest BCUT2D eigenvalue weighted by Gasteiger charge is 2.49. The number of esters is 1. The van der Waals surface area contributed by atoms with Crippen molar-refractivity contribution in [2.75, 3.05) is 7.11 Å². The van der Waals surface area contributed by atoms with Gasteiger partial charge in [0.1, 0.15) is 12.4 Å². The summed E-state index contributed by atoms with van der Waals surface area (Å²) in [6.07, 6.45) is 4.01. The Morgan fingerprint density at radius 1 is 1.38 bits per heavy atom.